The third-order valence-electron chi connectivity index (χ3n) is 4.92. The van der Waals surface area contributed by atoms with Gasteiger partial charge in [-0.15, -0.1) is 0 Å². The van der Waals surface area contributed by atoms with Crippen LogP contribution in [0, 0.1) is 10.1 Å². The van der Waals surface area contributed by atoms with Crippen LogP contribution in [0.25, 0.3) is 5.76 Å². The minimum Gasteiger partial charge on any atom is -0.507 e. The van der Waals surface area contributed by atoms with E-state index in [4.69, 9.17) is 0 Å². The average Bonchev–Trinajstić information content (AvgIpc) is 2.98. The van der Waals surface area contributed by atoms with Gasteiger partial charge >= 0.3 is 0 Å². The zero-order chi connectivity index (χ0) is 21.8. The van der Waals surface area contributed by atoms with Gasteiger partial charge in [-0.3, -0.25) is 24.7 Å². The van der Waals surface area contributed by atoms with Crippen LogP contribution in [0.1, 0.15) is 23.6 Å². The van der Waals surface area contributed by atoms with Gasteiger partial charge < -0.3 is 14.9 Å². The number of benzene rings is 1. The maximum Gasteiger partial charge on any atom is 0.295 e. The van der Waals surface area contributed by atoms with E-state index in [9.17, 15) is 24.8 Å². The number of hydrogen-bond donors (Lipinski definition) is 1. The van der Waals surface area contributed by atoms with E-state index in [0.29, 0.717) is 30.6 Å². The number of Topliss-reactive ketones (excluding diaryl/α,β-unsaturated/α-hetero) is 1. The molecular weight excluding hydrogens is 388 g/mol. The Kier molecular flexibility index (Phi) is 6.22. The van der Waals surface area contributed by atoms with Crippen LogP contribution >= 0.6 is 0 Å². The molecule has 1 aliphatic rings. The number of nitrogens with zero attached hydrogens (tertiary/aromatic N) is 4. The second-order valence-corrected chi connectivity index (χ2v) is 7.23. The quantitative estimate of drug-likeness (QED) is 0.245. The minimum absolute atomic E-state index is 0.0371. The molecule has 1 aromatic carbocycles. The summed E-state index contributed by atoms with van der Waals surface area (Å²) < 4.78 is 0. The molecule has 9 nitrogen and oxygen atoms in total. The number of pyridine rings is 1. The van der Waals surface area contributed by atoms with Crippen LogP contribution in [0.15, 0.2) is 54.4 Å². The molecule has 1 aromatic heterocycles. The molecule has 0 spiro atoms. The van der Waals surface area contributed by atoms with Crippen molar-refractivity contribution in [1.29, 1.82) is 0 Å². The lowest BCUT2D eigenvalue weighted by Crippen LogP contribution is -2.32. The summed E-state index contributed by atoms with van der Waals surface area (Å²) in [5.41, 5.74) is 0.741. The Morgan fingerprint density at radius 3 is 2.37 bits per heavy atom. The van der Waals surface area contributed by atoms with Gasteiger partial charge in [0.25, 0.3) is 17.4 Å². The molecule has 30 heavy (non-hydrogen) atoms. The highest BCUT2D eigenvalue weighted by Gasteiger charge is 2.45. The van der Waals surface area contributed by atoms with Crippen molar-refractivity contribution in [2.24, 2.45) is 0 Å². The van der Waals surface area contributed by atoms with Gasteiger partial charge in [-0.05, 0) is 56.9 Å². The molecule has 0 radical (unpaired) electrons. The van der Waals surface area contributed by atoms with Crippen LogP contribution < -0.4 is 0 Å². The zero-order valence-corrected chi connectivity index (χ0v) is 16.7. The number of nitro benzene ring substituents is 1. The molecule has 1 atom stereocenters. The highest BCUT2D eigenvalue weighted by Crippen LogP contribution is 2.39. The number of aromatic nitrogens is 1. The summed E-state index contributed by atoms with van der Waals surface area (Å²) in [7, 11) is 3.82. The highest BCUT2D eigenvalue weighted by molar-refractivity contribution is 6.46. The summed E-state index contributed by atoms with van der Waals surface area (Å²) in [6.07, 6.45) is 3.57. The van der Waals surface area contributed by atoms with E-state index >= 15 is 0 Å². The topological polar surface area (TPSA) is 117 Å². The molecule has 9 heteroatoms. The largest absolute Gasteiger partial charge is 0.507 e. The number of aliphatic hydroxyl groups is 1. The van der Waals surface area contributed by atoms with E-state index in [1.807, 2.05) is 19.0 Å². The normalized spacial score (nSPS) is 18.2. The predicted octanol–water partition coefficient (Wildman–Crippen LogP) is 2.36. The van der Waals surface area contributed by atoms with Crippen molar-refractivity contribution in [1.82, 2.24) is 14.8 Å². The summed E-state index contributed by atoms with van der Waals surface area (Å²) in [5, 5.41) is 21.8. The van der Waals surface area contributed by atoms with Crippen molar-refractivity contribution in [3.63, 3.8) is 0 Å². The van der Waals surface area contributed by atoms with Crippen molar-refractivity contribution >= 4 is 23.1 Å². The number of hydrogen-bond acceptors (Lipinski definition) is 7. The fourth-order valence-corrected chi connectivity index (χ4v) is 3.46. The molecule has 0 aliphatic carbocycles. The Morgan fingerprint density at radius 1 is 1.17 bits per heavy atom. The molecular formula is C21H22N4O5. The molecule has 3 rings (SSSR count). The molecule has 2 aromatic rings. The highest BCUT2D eigenvalue weighted by atomic mass is 16.6. The summed E-state index contributed by atoms with van der Waals surface area (Å²) in [6.45, 7) is 1.01. The SMILES string of the molecule is CN(C)CCCN1C(=O)C(=O)/C(=C(/O)c2ccncc2)[C@@H]1c1ccc([N+](=O)[O-])cc1. The number of nitro groups is 1. The van der Waals surface area contributed by atoms with E-state index < -0.39 is 22.7 Å². The summed E-state index contributed by atoms with van der Waals surface area (Å²) in [4.78, 5) is 43.4. The number of ketones is 1. The molecule has 1 amide bonds. The molecule has 1 fully saturated rings. The lowest BCUT2D eigenvalue weighted by atomic mass is 9.95. The van der Waals surface area contributed by atoms with Gasteiger partial charge in [-0.25, -0.2) is 0 Å². The van der Waals surface area contributed by atoms with E-state index in [1.165, 1.54) is 41.6 Å². The maximum absolute atomic E-state index is 12.8. The third kappa shape index (κ3) is 4.20. The van der Waals surface area contributed by atoms with Gasteiger partial charge in [0.1, 0.15) is 5.76 Å². The number of non-ortho nitro benzene ring substituents is 1. The maximum atomic E-state index is 12.8. The number of carbonyl (C=O) groups is 2. The van der Waals surface area contributed by atoms with Crippen LogP contribution in [0.4, 0.5) is 5.69 Å². The van der Waals surface area contributed by atoms with Gasteiger partial charge in [0.05, 0.1) is 16.5 Å². The summed E-state index contributed by atoms with van der Waals surface area (Å²) in [6, 6.07) is 7.91. The molecule has 0 saturated carbocycles. The van der Waals surface area contributed by atoms with Crippen LogP contribution in [0.2, 0.25) is 0 Å². The number of amides is 1. The fourth-order valence-electron chi connectivity index (χ4n) is 3.46. The first-order chi connectivity index (χ1) is 14.3. The minimum atomic E-state index is -0.832. The molecule has 1 saturated heterocycles. The van der Waals surface area contributed by atoms with Crippen molar-refractivity contribution in [2.75, 3.05) is 27.2 Å². The van der Waals surface area contributed by atoms with Gasteiger partial charge in [0.2, 0.25) is 0 Å². The second kappa shape index (κ2) is 8.83. The van der Waals surface area contributed by atoms with E-state index in [0.717, 1.165) is 0 Å². The van der Waals surface area contributed by atoms with Gasteiger partial charge in [-0.1, -0.05) is 0 Å². The first-order valence-electron chi connectivity index (χ1n) is 9.39. The fraction of sp³-hybridized carbons (Fsp3) is 0.286. The first-order valence-corrected chi connectivity index (χ1v) is 9.39. The van der Waals surface area contributed by atoms with E-state index in [-0.39, 0.29) is 17.0 Å². The smallest absolute Gasteiger partial charge is 0.295 e. The average molecular weight is 410 g/mol. The Morgan fingerprint density at radius 2 is 1.80 bits per heavy atom. The third-order valence-corrected chi connectivity index (χ3v) is 4.92. The zero-order valence-electron chi connectivity index (χ0n) is 16.7. The van der Waals surface area contributed by atoms with Crippen molar-refractivity contribution < 1.29 is 19.6 Å². The van der Waals surface area contributed by atoms with Crippen molar-refractivity contribution in [3.05, 3.63) is 75.6 Å². The van der Waals surface area contributed by atoms with E-state index in [1.54, 1.807) is 12.1 Å². The Labute approximate surface area is 173 Å². The number of likely N-dealkylation sites (tertiary alicyclic amines) is 1. The lowest BCUT2D eigenvalue weighted by molar-refractivity contribution is -0.384. The number of carbonyl (C=O) groups excluding carboxylic acids is 2. The van der Waals surface area contributed by atoms with E-state index in [2.05, 4.69) is 4.98 Å². The standard InChI is InChI=1S/C21H22N4O5/c1-23(2)12-3-13-24-18(14-4-6-16(7-5-14)25(29)30)17(20(27)21(24)28)19(26)15-8-10-22-11-9-15/h4-11,18,26H,3,12-13H2,1-2H3/b19-17+/t18-/m0/s1. The van der Waals surface area contributed by atoms with Crippen LogP contribution in [0.5, 0.6) is 0 Å². The summed E-state index contributed by atoms with van der Waals surface area (Å²) in [5.74, 6) is -1.78. The second-order valence-electron chi connectivity index (χ2n) is 7.23. The van der Waals surface area contributed by atoms with Gasteiger partial charge in [0, 0.05) is 36.6 Å². The molecule has 0 unspecified atom stereocenters. The summed E-state index contributed by atoms with van der Waals surface area (Å²) >= 11 is 0. The molecule has 1 N–H and O–H groups in total. The first kappa shape index (κ1) is 21.1. The van der Waals surface area contributed by atoms with Crippen LogP contribution in [-0.2, 0) is 9.59 Å². The Bertz CT molecular complexity index is 986. The van der Waals surface area contributed by atoms with Crippen LogP contribution in [0.3, 0.4) is 0 Å². The Balaban J connectivity index is 2.08. The van der Waals surface area contributed by atoms with Crippen molar-refractivity contribution in [2.45, 2.75) is 12.5 Å². The Hall–Kier alpha value is -3.59. The lowest BCUT2D eigenvalue weighted by Gasteiger charge is -2.25. The van der Waals surface area contributed by atoms with Crippen molar-refractivity contribution in [3.8, 4) is 0 Å². The predicted molar refractivity (Wildman–Crippen MR) is 110 cm³/mol. The molecule has 1 aliphatic heterocycles. The molecule has 2 heterocycles. The molecule has 0 bridgehead atoms. The molecule has 156 valence electrons. The number of aliphatic hydroxyl groups excluding tert-OH is 1. The monoisotopic (exact) mass is 410 g/mol. The van der Waals surface area contributed by atoms with Gasteiger partial charge in [-0.2, -0.15) is 0 Å². The van der Waals surface area contributed by atoms with Gasteiger partial charge in [0.15, 0.2) is 0 Å². The number of rotatable bonds is 7. The van der Waals surface area contributed by atoms with Crippen LogP contribution in [-0.4, -0.2) is 63.7 Å².